The van der Waals surface area contributed by atoms with Gasteiger partial charge in [0.15, 0.2) is 0 Å². The average Bonchev–Trinajstić information content (AvgIpc) is 2.62. The van der Waals surface area contributed by atoms with Crippen molar-refractivity contribution in [2.45, 2.75) is 19.1 Å². The molecule has 0 aliphatic heterocycles. The monoisotopic (exact) mass is 273 g/mol. The first-order valence-electron chi connectivity index (χ1n) is 5.68. The lowest BCUT2D eigenvalue weighted by atomic mass is 10.2. The molecule has 0 fully saturated rings. The Morgan fingerprint density at radius 1 is 1.42 bits per heavy atom. The van der Waals surface area contributed by atoms with E-state index in [-0.39, 0.29) is 17.5 Å². The molecule has 1 heterocycles. The zero-order valence-corrected chi connectivity index (χ0v) is 10.5. The van der Waals surface area contributed by atoms with E-state index in [1.165, 1.54) is 6.07 Å². The average molecular weight is 273 g/mol. The third-order valence-corrected chi connectivity index (χ3v) is 2.89. The van der Waals surface area contributed by atoms with Crippen molar-refractivity contribution in [3.05, 3.63) is 23.8 Å². The van der Waals surface area contributed by atoms with Gasteiger partial charge in [-0.15, -0.1) is 0 Å². The molecule has 0 saturated carbocycles. The molecule has 0 amide bonds. The summed E-state index contributed by atoms with van der Waals surface area (Å²) in [6.07, 6.45) is -4.38. The van der Waals surface area contributed by atoms with Crippen LogP contribution >= 0.6 is 0 Å². The number of anilines is 1. The third kappa shape index (κ3) is 2.51. The highest BCUT2D eigenvalue weighted by Gasteiger charge is 2.31. The molecular weight excluding hydrogens is 259 g/mol. The van der Waals surface area contributed by atoms with Crippen molar-refractivity contribution in [2.75, 3.05) is 19.5 Å². The second-order valence-electron chi connectivity index (χ2n) is 4.35. The number of nitrogens with two attached hydrogens (primary N) is 1. The lowest BCUT2D eigenvalue weighted by molar-refractivity contribution is -0.137. The van der Waals surface area contributed by atoms with E-state index >= 15 is 0 Å². The zero-order valence-electron chi connectivity index (χ0n) is 10.5. The van der Waals surface area contributed by atoms with Gasteiger partial charge in [-0.25, -0.2) is 4.98 Å². The van der Waals surface area contributed by atoms with Crippen LogP contribution in [-0.4, -0.2) is 23.3 Å². The first-order chi connectivity index (χ1) is 8.84. The van der Waals surface area contributed by atoms with E-state index in [4.69, 9.17) is 10.5 Å². The van der Waals surface area contributed by atoms with Gasteiger partial charge in [0.2, 0.25) is 5.95 Å². The lowest BCUT2D eigenvalue weighted by Gasteiger charge is -2.15. The predicted molar refractivity (Wildman–Crippen MR) is 65.7 cm³/mol. The molecule has 4 nitrogen and oxygen atoms in total. The standard InChI is InChI=1S/C12H14F3N3O/c1-7(6-19-2)18-10-4-3-8(12(13,14)15)5-9(10)17-11(18)16/h3-5,7H,6H2,1-2H3,(H2,16,17). The number of methoxy groups -OCH3 is 1. The van der Waals surface area contributed by atoms with Crippen molar-refractivity contribution < 1.29 is 17.9 Å². The fraction of sp³-hybridized carbons (Fsp3) is 0.417. The van der Waals surface area contributed by atoms with Gasteiger partial charge < -0.3 is 15.0 Å². The van der Waals surface area contributed by atoms with Crippen molar-refractivity contribution in [1.29, 1.82) is 0 Å². The minimum Gasteiger partial charge on any atom is -0.383 e. The maximum absolute atomic E-state index is 12.6. The first-order valence-corrected chi connectivity index (χ1v) is 5.68. The zero-order chi connectivity index (χ0) is 14.2. The van der Waals surface area contributed by atoms with Gasteiger partial charge in [0, 0.05) is 7.11 Å². The number of imidazole rings is 1. The number of alkyl halides is 3. The van der Waals surface area contributed by atoms with E-state index in [9.17, 15) is 13.2 Å². The number of aromatic nitrogens is 2. The van der Waals surface area contributed by atoms with E-state index in [2.05, 4.69) is 4.98 Å². The number of hydrogen-bond donors (Lipinski definition) is 1. The molecule has 1 unspecified atom stereocenters. The summed E-state index contributed by atoms with van der Waals surface area (Å²) in [4.78, 5) is 3.98. The van der Waals surface area contributed by atoms with Crippen molar-refractivity contribution in [3.8, 4) is 0 Å². The Bertz CT molecular complexity index is 592. The quantitative estimate of drug-likeness (QED) is 0.935. The molecule has 0 aliphatic rings. The van der Waals surface area contributed by atoms with Crippen LogP contribution in [-0.2, 0) is 10.9 Å². The number of rotatable bonds is 3. The van der Waals surface area contributed by atoms with Crippen LogP contribution in [0.1, 0.15) is 18.5 Å². The van der Waals surface area contributed by atoms with E-state index in [1.807, 2.05) is 6.92 Å². The van der Waals surface area contributed by atoms with Crippen molar-refractivity contribution in [3.63, 3.8) is 0 Å². The van der Waals surface area contributed by atoms with Crippen LogP contribution < -0.4 is 5.73 Å². The minimum absolute atomic E-state index is 0.105. The van der Waals surface area contributed by atoms with Gasteiger partial charge in [-0.2, -0.15) is 13.2 Å². The van der Waals surface area contributed by atoms with Crippen molar-refractivity contribution in [2.24, 2.45) is 0 Å². The number of nitrogens with zero attached hydrogens (tertiary/aromatic N) is 2. The lowest BCUT2D eigenvalue weighted by Crippen LogP contribution is -2.13. The van der Waals surface area contributed by atoms with E-state index in [1.54, 1.807) is 11.7 Å². The Morgan fingerprint density at radius 2 is 2.11 bits per heavy atom. The van der Waals surface area contributed by atoms with Crippen LogP contribution in [0.2, 0.25) is 0 Å². The summed E-state index contributed by atoms with van der Waals surface area (Å²) in [5.74, 6) is 0.180. The summed E-state index contributed by atoms with van der Waals surface area (Å²) < 4.78 is 44.5. The fourth-order valence-electron chi connectivity index (χ4n) is 2.07. The van der Waals surface area contributed by atoms with E-state index in [0.29, 0.717) is 12.1 Å². The third-order valence-electron chi connectivity index (χ3n) is 2.89. The number of halogens is 3. The molecule has 1 atom stereocenters. The van der Waals surface area contributed by atoms with E-state index in [0.717, 1.165) is 12.1 Å². The molecule has 104 valence electrons. The van der Waals surface area contributed by atoms with Crippen LogP contribution in [0.5, 0.6) is 0 Å². The maximum Gasteiger partial charge on any atom is 0.416 e. The van der Waals surface area contributed by atoms with Crippen molar-refractivity contribution >= 4 is 17.0 Å². The summed E-state index contributed by atoms with van der Waals surface area (Å²) in [5.41, 5.74) is 5.82. The topological polar surface area (TPSA) is 53.1 Å². The molecule has 0 aliphatic carbocycles. The number of fused-ring (bicyclic) bond motifs is 1. The van der Waals surface area contributed by atoms with Gasteiger partial charge in [0.1, 0.15) is 0 Å². The Balaban J connectivity index is 2.54. The van der Waals surface area contributed by atoms with Crippen LogP contribution in [0.25, 0.3) is 11.0 Å². The fourth-order valence-corrected chi connectivity index (χ4v) is 2.07. The van der Waals surface area contributed by atoms with Gasteiger partial charge in [-0.05, 0) is 25.1 Å². The van der Waals surface area contributed by atoms with Gasteiger partial charge in [-0.3, -0.25) is 0 Å². The largest absolute Gasteiger partial charge is 0.416 e. The number of hydrogen-bond acceptors (Lipinski definition) is 3. The summed E-state index contributed by atoms with van der Waals surface area (Å²) in [6.45, 7) is 2.26. The van der Waals surface area contributed by atoms with Gasteiger partial charge in [0.05, 0.1) is 29.2 Å². The molecule has 7 heteroatoms. The SMILES string of the molecule is COCC(C)n1c(N)nc2cc(C(F)(F)F)ccc21. The highest BCUT2D eigenvalue weighted by molar-refractivity contribution is 5.79. The molecule has 19 heavy (non-hydrogen) atoms. The molecule has 2 N–H and O–H groups in total. The van der Waals surface area contributed by atoms with Crippen LogP contribution in [0.4, 0.5) is 19.1 Å². The van der Waals surface area contributed by atoms with E-state index < -0.39 is 11.7 Å². The molecule has 2 rings (SSSR count). The minimum atomic E-state index is -4.38. The number of nitrogen functional groups attached to an aromatic ring is 1. The molecule has 0 bridgehead atoms. The summed E-state index contributed by atoms with van der Waals surface area (Å²) in [5, 5.41) is 0. The second-order valence-corrected chi connectivity index (χ2v) is 4.35. The molecule has 0 radical (unpaired) electrons. The Labute approximate surface area is 108 Å². The van der Waals surface area contributed by atoms with Crippen LogP contribution in [0.3, 0.4) is 0 Å². The van der Waals surface area contributed by atoms with Crippen LogP contribution in [0.15, 0.2) is 18.2 Å². The highest BCUT2D eigenvalue weighted by atomic mass is 19.4. The summed E-state index contributed by atoms with van der Waals surface area (Å²) >= 11 is 0. The Kier molecular flexibility index (Phi) is 3.40. The highest BCUT2D eigenvalue weighted by Crippen LogP contribution is 2.32. The van der Waals surface area contributed by atoms with Crippen LogP contribution in [0, 0.1) is 0 Å². The Morgan fingerprint density at radius 3 is 2.68 bits per heavy atom. The van der Waals surface area contributed by atoms with Gasteiger partial charge in [0.25, 0.3) is 0 Å². The first kappa shape index (κ1) is 13.7. The summed E-state index contributed by atoms with van der Waals surface area (Å²) in [7, 11) is 1.55. The maximum atomic E-state index is 12.6. The molecule has 1 aromatic carbocycles. The van der Waals surface area contributed by atoms with Gasteiger partial charge >= 0.3 is 6.18 Å². The predicted octanol–water partition coefficient (Wildman–Crippen LogP) is 2.84. The smallest absolute Gasteiger partial charge is 0.383 e. The second kappa shape index (κ2) is 4.73. The summed E-state index contributed by atoms with van der Waals surface area (Å²) in [6, 6.07) is 3.31. The van der Waals surface area contributed by atoms with Crippen molar-refractivity contribution in [1.82, 2.24) is 9.55 Å². The molecule has 2 aromatic rings. The normalized spacial score (nSPS) is 13.9. The number of ether oxygens (including phenoxy) is 1. The molecule has 0 saturated heterocycles. The molecular formula is C12H14F3N3O. The Hall–Kier alpha value is -1.76. The number of benzene rings is 1. The van der Waals surface area contributed by atoms with Gasteiger partial charge in [-0.1, -0.05) is 0 Å². The molecule has 0 spiro atoms. The molecule has 1 aromatic heterocycles.